The molecule has 0 saturated heterocycles. The van der Waals surface area contributed by atoms with E-state index < -0.39 is 10.4 Å². The molecule has 0 amide bonds. The van der Waals surface area contributed by atoms with E-state index in [1.54, 1.807) is 0 Å². The van der Waals surface area contributed by atoms with Crippen LogP contribution < -0.4 is 0 Å². The number of benzene rings is 1. The summed E-state index contributed by atoms with van der Waals surface area (Å²) in [4.78, 5) is 0. The van der Waals surface area contributed by atoms with Gasteiger partial charge in [-0.05, 0) is 17.5 Å². The summed E-state index contributed by atoms with van der Waals surface area (Å²) < 4.78 is 33.0. The van der Waals surface area contributed by atoms with Gasteiger partial charge >= 0.3 is 10.4 Å². The predicted molar refractivity (Wildman–Crippen MR) is 64.4 cm³/mol. The lowest BCUT2D eigenvalue weighted by atomic mass is 10.1. The molecule has 90 valence electrons. The van der Waals surface area contributed by atoms with E-state index >= 15 is 0 Å². The van der Waals surface area contributed by atoms with E-state index in [2.05, 4.69) is 10.6 Å². The second kappa shape index (κ2) is 6.24. The Kier molecular flexibility index (Phi) is 5.27. The van der Waals surface area contributed by atoms with Crippen LogP contribution in [0.5, 0.6) is 0 Å². The molecular weight excluding hydrogens is 248 g/mol. The van der Waals surface area contributed by atoms with Crippen LogP contribution in [0, 0.1) is 0 Å². The molecule has 0 aliphatic heterocycles. The smallest absolute Gasteiger partial charge is 0.263 e. The zero-order chi connectivity index (χ0) is 12.0. The highest BCUT2D eigenvalue weighted by Crippen LogP contribution is 2.16. The molecule has 1 aromatic rings. The summed E-state index contributed by atoms with van der Waals surface area (Å²) in [6.45, 7) is 2.11. The Morgan fingerprint density at radius 3 is 2.31 bits per heavy atom. The van der Waals surface area contributed by atoms with Gasteiger partial charge in [-0.15, -0.1) is 0 Å². The van der Waals surface area contributed by atoms with Crippen LogP contribution in [0.3, 0.4) is 0 Å². The van der Waals surface area contributed by atoms with E-state index in [-0.39, 0.29) is 0 Å². The maximum absolute atomic E-state index is 10.3. The summed E-state index contributed by atoms with van der Waals surface area (Å²) in [5.41, 5.74) is 2.21. The molecule has 0 unspecified atom stereocenters. The van der Waals surface area contributed by atoms with Crippen molar-refractivity contribution in [2.75, 3.05) is 0 Å². The van der Waals surface area contributed by atoms with E-state index in [0.717, 1.165) is 18.4 Å². The van der Waals surface area contributed by atoms with Gasteiger partial charge in [0.1, 0.15) is 0 Å². The first-order valence-electron chi connectivity index (χ1n) is 4.87. The van der Waals surface area contributed by atoms with Crippen LogP contribution in [0.15, 0.2) is 24.3 Å². The van der Waals surface area contributed by atoms with Crippen molar-refractivity contribution in [1.82, 2.24) is 0 Å². The zero-order valence-electron chi connectivity index (χ0n) is 8.92. The van der Waals surface area contributed by atoms with E-state index in [9.17, 15) is 8.42 Å². The molecule has 6 heteroatoms. The molecule has 0 atom stereocenters. The Morgan fingerprint density at radius 2 is 1.81 bits per heavy atom. The topological polar surface area (TPSA) is 63.6 Å². The molecule has 0 fully saturated rings. The SMILES string of the molecule is CCCc1ccc(CSOS(=O)(=O)O)cc1. The van der Waals surface area contributed by atoms with Crippen LogP contribution >= 0.6 is 12.0 Å². The van der Waals surface area contributed by atoms with Gasteiger partial charge in [-0.25, -0.2) is 0 Å². The maximum atomic E-state index is 10.3. The third kappa shape index (κ3) is 5.50. The fourth-order valence-corrected chi connectivity index (χ4v) is 2.25. The molecule has 16 heavy (non-hydrogen) atoms. The van der Waals surface area contributed by atoms with Crippen LogP contribution in [0.4, 0.5) is 0 Å². The lowest BCUT2D eigenvalue weighted by Crippen LogP contribution is -1.97. The molecule has 0 aliphatic carbocycles. The molecule has 1 rings (SSSR count). The number of aryl methyl sites for hydroxylation is 1. The summed E-state index contributed by atoms with van der Waals surface area (Å²) >= 11 is 0.695. The van der Waals surface area contributed by atoms with E-state index in [4.69, 9.17) is 4.55 Å². The van der Waals surface area contributed by atoms with E-state index in [1.165, 1.54) is 5.56 Å². The molecule has 1 N–H and O–H groups in total. The minimum atomic E-state index is -4.35. The molecule has 0 saturated carbocycles. The first-order chi connectivity index (χ1) is 7.51. The monoisotopic (exact) mass is 262 g/mol. The van der Waals surface area contributed by atoms with Crippen molar-refractivity contribution in [3.8, 4) is 0 Å². The van der Waals surface area contributed by atoms with Crippen molar-refractivity contribution in [3.63, 3.8) is 0 Å². The Bertz CT molecular complexity index is 411. The third-order valence-corrected chi connectivity index (χ3v) is 3.45. The average molecular weight is 262 g/mol. The molecule has 1 aromatic carbocycles. The van der Waals surface area contributed by atoms with Gasteiger partial charge < -0.3 is 0 Å². The van der Waals surface area contributed by atoms with Gasteiger partial charge in [0, 0.05) is 17.8 Å². The maximum Gasteiger partial charge on any atom is 0.408 e. The second-order valence-corrected chi connectivity index (χ2v) is 5.25. The second-order valence-electron chi connectivity index (χ2n) is 3.32. The van der Waals surface area contributed by atoms with Gasteiger partial charge in [0.2, 0.25) is 0 Å². The van der Waals surface area contributed by atoms with Gasteiger partial charge in [0.25, 0.3) is 0 Å². The van der Waals surface area contributed by atoms with Crippen LogP contribution in [0.25, 0.3) is 0 Å². The van der Waals surface area contributed by atoms with Crippen molar-refractivity contribution in [2.24, 2.45) is 0 Å². The quantitative estimate of drug-likeness (QED) is 0.630. The fourth-order valence-electron chi connectivity index (χ4n) is 1.24. The minimum Gasteiger partial charge on any atom is -0.263 e. The third-order valence-electron chi connectivity index (χ3n) is 1.92. The molecule has 4 nitrogen and oxygen atoms in total. The Labute approximate surface area is 100 Å². The number of hydrogen-bond acceptors (Lipinski definition) is 4. The van der Waals surface area contributed by atoms with Crippen molar-refractivity contribution >= 4 is 22.4 Å². The molecule has 0 heterocycles. The van der Waals surface area contributed by atoms with Crippen molar-refractivity contribution in [3.05, 3.63) is 35.4 Å². The van der Waals surface area contributed by atoms with Crippen LogP contribution in [-0.2, 0) is 26.2 Å². The largest absolute Gasteiger partial charge is 0.408 e. The Morgan fingerprint density at radius 1 is 1.25 bits per heavy atom. The van der Waals surface area contributed by atoms with Crippen molar-refractivity contribution < 1.29 is 16.6 Å². The summed E-state index contributed by atoms with van der Waals surface area (Å²) in [6.07, 6.45) is 2.13. The normalized spacial score (nSPS) is 11.6. The van der Waals surface area contributed by atoms with Gasteiger partial charge in [-0.1, -0.05) is 37.6 Å². The van der Waals surface area contributed by atoms with Crippen molar-refractivity contribution in [2.45, 2.75) is 25.5 Å². The Hall–Kier alpha value is -0.560. The molecule has 0 spiro atoms. The highest BCUT2D eigenvalue weighted by molar-refractivity contribution is 8.02. The van der Waals surface area contributed by atoms with Crippen LogP contribution in [0.2, 0.25) is 0 Å². The van der Waals surface area contributed by atoms with Crippen LogP contribution in [-0.4, -0.2) is 13.0 Å². The zero-order valence-corrected chi connectivity index (χ0v) is 10.6. The first kappa shape index (κ1) is 13.5. The van der Waals surface area contributed by atoms with Crippen molar-refractivity contribution in [1.29, 1.82) is 0 Å². The number of rotatable bonds is 6. The minimum absolute atomic E-state index is 0.381. The molecule has 0 aromatic heterocycles. The standard InChI is InChI=1S/C10H14O4S2/c1-2-3-9-4-6-10(7-5-9)8-15-14-16(11,12)13/h4-7H,2-3,8H2,1H3,(H,11,12,13). The molecule has 0 radical (unpaired) electrons. The molecule has 0 aliphatic rings. The first-order valence-corrected chi connectivity index (χ1v) is 7.15. The summed E-state index contributed by atoms with van der Waals surface area (Å²) in [5.74, 6) is 0.381. The molecule has 0 bridgehead atoms. The van der Waals surface area contributed by atoms with E-state index in [0.29, 0.717) is 17.8 Å². The van der Waals surface area contributed by atoms with Crippen LogP contribution in [0.1, 0.15) is 24.5 Å². The highest BCUT2D eigenvalue weighted by Gasteiger charge is 2.05. The van der Waals surface area contributed by atoms with Gasteiger partial charge in [-0.2, -0.15) is 12.0 Å². The summed E-state index contributed by atoms with van der Waals surface area (Å²) in [6, 6.07) is 7.86. The average Bonchev–Trinajstić information content (AvgIpc) is 2.19. The lowest BCUT2D eigenvalue weighted by molar-refractivity contribution is 0.407. The number of hydrogen-bond donors (Lipinski definition) is 1. The Balaban J connectivity index is 2.43. The van der Waals surface area contributed by atoms with Gasteiger partial charge in [-0.3, -0.25) is 4.55 Å². The summed E-state index contributed by atoms with van der Waals surface area (Å²) in [7, 11) is -4.35. The lowest BCUT2D eigenvalue weighted by Gasteiger charge is -2.02. The fraction of sp³-hybridized carbons (Fsp3) is 0.400. The van der Waals surface area contributed by atoms with Gasteiger partial charge in [0.15, 0.2) is 0 Å². The highest BCUT2D eigenvalue weighted by atomic mass is 32.3. The van der Waals surface area contributed by atoms with E-state index in [1.807, 2.05) is 24.3 Å². The predicted octanol–water partition coefficient (Wildman–Crippen LogP) is 2.61. The molecular formula is C10H14O4S2. The van der Waals surface area contributed by atoms with Gasteiger partial charge in [0.05, 0.1) is 0 Å². The summed E-state index contributed by atoms with van der Waals surface area (Å²) in [5, 5.41) is 0.